The molecule has 2 aromatic carbocycles. The van der Waals surface area contributed by atoms with Crippen LogP contribution in [0.5, 0.6) is 0 Å². The van der Waals surface area contributed by atoms with E-state index >= 15 is 0 Å². The van der Waals surface area contributed by atoms with Crippen molar-refractivity contribution < 1.29 is 4.79 Å². The molecule has 3 rings (SSSR count). The number of hydrogen-bond acceptors (Lipinski definition) is 1. The van der Waals surface area contributed by atoms with Crippen LogP contribution in [0.2, 0.25) is 5.02 Å². The highest BCUT2D eigenvalue weighted by molar-refractivity contribution is 6.33. The third kappa shape index (κ3) is 2.70. The number of carbonyl (C=O) groups is 1. The van der Waals surface area contributed by atoms with Gasteiger partial charge in [-0.05, 0) is 23.6 Å². The molecule has 0 atom stereocenters. The van der Waals surface area contributed by atoms with Crippen LogP contribution in [0.25, 0.3) is 11.1 Å². The van der Waals surface area contributed by atoms with Gasteiger partial charge in [0.2, 0.25) is 5.91 Å². The van der Waals surface area contributed by atoms with Crippen molar-refractivity contribution in [2.45, 2.75) is 19.4 Å². The molecule has 2 nitrogen and oxygen atoms in total. The SMILES string of the molecule is O=C1CCCN1Cc1ccc(-c2ccccc2)c(Cl)c1. The number of likely N-dealkylation sites (tertiary alicyclic amines) is 1. The van der Waals surface area contributed by atoms with Crippen molar-refractivity contribution in [2.75, 3.05) is 6.54 Å². The van der Waals surface area contributed by atoms with Crippen LogP contribution < -0.4 is 0 Å². The first-order valence-electron chi connectivity index (χ1n) is 6.85. The van der Waals surface area contributed by atoms with Crippen LogP contribution >= 0.6 is 11.6 Å². The van der Waals surface area contributed by atoms with Crippen LogP contribution in [-0.2, 0) is 11.3 Å². The van der Waals surface area contributed by atoms with Crippen LogP contribution in [0.4, 0.5) is 0 Å². The number of amides is 1. The highest BCUT2D eigenvalue weighted by Crippen LogP contribution is 2.29. The number of nitrogens with zero attached hydrogens (tertiary/aromatic N) is 1. The molecule has 1 fully saturated rings. The molecule has 20 heavy (non-hydrogen) atoms. The molecule has 0 aliphatic carbocycles. The van der Waals surface area contributed by atoms with Crippen molar-refractivity contribution in [3.63, 3.8) is 0 Å². The Morgan fingerprint density at radius 2 is 1.90 bits per heavy atom. The van der Waals surface area contributed by atoms with Gasteiger partial charge in [0, 0.05) is 30.1 Å². The summed E-state index contributed by atoms with van der Waals surface area (Å²) in [4.78, 5) is 13.5. The topological polar surface area (TPSA) is 20.3 Å². The molecule has 1 aliphatic heterocycles. The average molecular weight is 286 g/mol. The van der Waals surface area contributed by atoms with E-state index in [4.69, 9.17) is 11.6 Å². The molecule has 1 heterocycles. The largest absolute Gasteiger partial charge is 0.338 e. The minimum atomic E-state index is 0.244. The molecule has 102 valence electrons. The van der Waals surface area contributed by atoms with Gasteiger partial charge in [0.25, 0.3) is 0 Å². The van der Waals surface area contributed by atoms with E-state index in [1.54, 1.807) is 0 Å². The highest BCUT2D eigenvalue weighted by Gasteiger charge is 2.20. The number of halogens is 1. The molecular weight excluding hydrogens is 270 g/mol. The summed E-state index contributed by atoms with van der Waals surface area (Å²) in [6.45, 7) is 1.52. The molecule has 0 N–H and O–H groups in total. The lowest BCUT2D eigenvalue weighted by Crippen LogP contribution is -2.23. The normalized spacial score (nSPS) is 14.8. The quantitative estimate of drug-likeness (QED) is 0.830. The molecule has 0 saturated carbocycles. The van der Waals surface area contributed by atoms with Gasteiger partial charge in [0.05, 0.1) is 0 Å². The summed E-state index contributed by atoms with van der Waals surface area (Å²) in [7, 11) is 0. The van der Waals surface area contributed by atoms with E-state index < -0.39 is 0 Å². The lowest BCUT2D eigenvalue weighted by atomic mass is 10.0. The van der Waals surface area contributed by atoms with Crippen molar-refractivity contribution in [3.05, 3.63) is 59.1 Å². The van der Waals surface area contributed by atoms with Gasteiger partial charge >= 0.3 is 0 Å². The summed E-state index contributed by atoms with van der Waals surface area (Å²) in [6, 6.07) is 16.1. The molecule has 3 heteroatoms. The predicted molar refractivity (Wildman–Crippen MR) is 81.5 cm³/mol. The number of hydrogen-bond donors (Lipinski definition) is 0. The standard InChI is InChI=1S/C17H16ClNO/c18-16-11-13(12-19-10-4-7-17(19)20)8-9-15(16)14-5-2-1-3-6-14/h1-3,5-6,8-9,11H,4,7,10,12H2. The highest BCUT2D eigenvalue weighted by atomic mass is 35.5. The zero-order valence-corrected chi connectivity index (χ0v) is 11.9. The molecule has 1 saturated heterocycles. The first kappa shape index (κ1) is 13.2. The minimum Gasteiger partial charge on any atom is -0.338 e. The van der Waals surface area contributed by atoms with Gasteiger partial charge in [-0.1, -0.05) is 54.1 Å². The second-order valence-corrected chi connectivity index (χ2v) is 5.51. The van der Waals surface area contributed by atoms with E-state index in [0.29, 0.717) is 13.0 Å². The van der Waals surface area contributed by atoms with Gasteiger partial charge in [0.15, 0.2) is 0 Å². The Kier molecular flexibility index (Phi) is 3.75. The van der Waals surface area contributed by atoms with Gasteiger partial charge in [0.1, 0.15) is 0 Å². The molecule has 0 radical (unpaired) electrons. The first-order chi connectivity index (χ1) is 9.74. The Bertz CT molecular complexity index is 624. The monoisotopic (exact) mass is 285 g/mol. The van der Waals surface area contributed by atoms with E-state index in [1.165, 1.54) is 0 Å². The van der Waals surface area contributed by atoms with Crippen LogP contribution in [0, 0.1) is 0 Å². The third-order valence-electron chi connectivity index (χ3n) is 3.66. The number of rotatable bonds is 3. The molecule has 2 aromatic rings. The molecule has 0 aromatic heterocycles. The minimum absolute atomic E-state index is 0.244. The van der Waals surface area contributed by atoms with Gasteiger partial charge in [-0.25, -0.2) is 0 Å². The Morgan fingerprint density at radius 1 is 1.10 bits per heavy atom. The smallest absolute Gasteiger partial charge is 0.222 e. The van der Waals surface area contributed by atoms with Crippen LogP contribution in [-0.4, -0.2) is 17.4 Å². The van der Waals surface area contributed by atoms with Crippen LogP contribution in [0.3, 0.4) is 0 Å². The summed E-state index contributed by atoms with van der Waals surface area (Å²) in [6.07, 6.45) is 1.64. The lowest BCUT2D eigenvalue weighted by molar-refractivity contribution is -0.128. The maximum Gasteiger partial charge on any atom is 0.222 e. The van der Waals surface area contributed by atoms with Gasteiger partial charge < -0.3 is 4.90 Å². The second-order valence-electron chi connectivity index (χ2n) is 5.10. The maximum absolute atomic E-state index is 11.6. The van der Waals surface area contributed by atoms with Crippen molar-refractivity contribution in [3.8, 4) is 11.1 Å². The van der Waals surface area contributed by atoms with Crippen molar-refractivity contribution in [1.82, 2.24) is 4.90 Å². The van der Waals surface area contributed by atoms with Gasteiger partial charge in [-0.15, -0.1) is 0 Å². The number of carbonyl (C=O) groups excluding carboxylic acids is 1. The second kappa shape index (κ2) is 5.68. The summed E-state index contributed by atoms with van der Waals surface area (Å²) >= 11 is 6.38. The van der Waals surface area contributed by atoms with Crippen molar-refractivity contribution in [2.24, 2.45) is 0 Å². The van der Waals surface area contributed by atoms with Crippen LogP contribution in [0.15, 0.2) is 48.5 Å². The van der Waals surface area contributed by atoms with E-state index in [1.807, 2.05) is 47.4 Å². The Balaban J connectivity index is 1.82. The Labute approximate surface area is 124 Å². The zero-order valence-electron chi connectivity index (χ0n) is 11.2. The predicted octanol–water partition coefficient (Wildman–Crippen LogP) is 4.13. The lowest BCUT2D eigenvalue weighted by Gasteiger charge is -2.16. The third-order valence-corrected chi connectivity index (χ3v) is 3.98. The molecule has 0 unspecified atom stereocenters. The average Bonchev–Trinajstić information content (AvgIpc) is 2.85. The van der Waals surface area contributed by atoms with E-state index in [0.717, 1.165) is 34.7 Å². The zero-order chi connectivity index (χ0) is 13.9. The molecule has 1 amide bonds. The van der Waals surface area contributed by atoms with Crippen molar-refractivity contribution >= 4 is 17.5 Å². The molecule has 1 aliphatic rings. The first-order valence-corrected chi connectivity index (χ1v) is 7.23. The van der Waals surface area contributed by atoms with Crippen molar-refractivity contribution in [1.29, 1.82) is 0 Å². The number of benzene rings is 2. The molecular formula is C17H16ClNO. The summed E-state index contributed by atoms with van der Waals surface area (Å²) < 4.78 is 0. The molecule has 0 spiro atoms. The fourth-order valence-electron chi connectivity index (χ4n) is 2.60. The Hall–Kier alpha value is -1.80. The van der Waals surface area contributed by atoms with E-state index in [-0.39, 0.29) is 5.91 Å². The summed E-state index contributed by atoms with van der Waals surface area (Å²) in [5, 5.41) is 0.736. The Morgan fingerprint density at radius 3 is 2.55 bits per heavy atom. The maximum atomic E-state index is 11.6. The summed E-state index contributed by atoms with van der Waals surface area (Å²) in [5.74, 6) is 0.244. The fourth-order valence-corrected chi connectivity index (χ4v) is 2.91. The van der Waals surface area contributed by atoms with Gasteiger partial charge in [-0.2, -0.15) is 0 Å². The van der Waals surface area contributed by atoms with Gasteiger partial charge in [-0.3, -0.25) is 4.79 Å². The van der Waals surface area contributed by atoms with E-state index in [9.17, 15) is 4.79 Å². The molecule has 0 bridgehead atoms. The van der Waals surface area contributed by atoms with E-state index in [2.05, 4.69) is 6.07 Å². The summed E-state index contributed by atoms with van der Waals surface area (Å²) in [5.41, 5.74) is 3.23. The van der Waals surface area contributed by atoms with Crippen LogP contribution in [0.1, 0.15) is 18.4 Å². The fraction of sp³-hybridized carbons (Fsp3) is 0.235.